The van der Waals surface area contributed by atoms with Gasteiger partial charge in [-0.05, 0) is 19.2 Å². The predicted octanol–water partition coefficient (Wildman–Crippen LogP) is 3.16. The fourth-order valence-electron chi connectivity index (χ4n) is 3.31. The van der Waals surface area contributed by atoms with Crippen LogP contribution in [-0.4, -0.2) is 57.4 Å². The van der Waals surface area contributed by atoms with Crippen LogP contribution < -0.4 is 0 Å². The number of rotatable bonds is 3. The molecule has 0 amide bonds. The number of aromatic nitrogens is 3. The van der Waals surface area contributed by atoms with Crippen LogP contribution in [0, 0.1) is 0 Å². The summed E-state index contributed by atoms with van der Waals surface area (Å²) in [6.07, 6.45) is 1.09. The van der Waals surface area contributed by atoms with Crippen molar-refractivity contribution in [3.63, 3.8) is 0 Å². The normalized spacial score (nSPS) is 16.9. The van der Waals surface area contributed by atoms with Crippen molar-refractivity contribution in [1.29, 1.82) is 0 Å². The van der Waals surface area contributed by atoms with E-state index in [2.05, 4.69) is 21.8 Å². The molecule has 0 atom stereocenters. The lowest BCUT2D eigenvalue weighted by atomic mass is 10.1. The van der Waals surface area contributed by atoms with Crippen molar-refractivity contribution < 1.29 is 13.2 Å². The third-order valence-corrected chi connectivity index (χ3v) is 4.89. The molecule has 4 rings (SSSR count). The topological polar surface area (TPSA) is 36.7 Å². The standard InChI is InChI=1S/C19H20F3N5/c1-25-8-10-26(11-9-25)12-16-13-27-7-6-23-18(27)17(24-16)14-2-4-15(5-3-14)19(20,21)22/h2-7,13H,8-12H2,1H3. The number of benzene rings is 1. The summed E-state index contributed by atoms with van der Waals surface area (Å²) in [5.41, 5.74) is 2.07. The first-order valence-corrected chi connectivity index (χ1v) is 8.81. The van der Waals surface area contributed by atoms with Gasteiger partial charge in [-0.2, -0.15) is 13.2 Å². The molecule has 1 saturated heterocycles. The molecule has 1 aromatic carbocycles. The van der Waals surface area contributed by atoms with Crippen LogP contribution in [-0.2, 0) is 12.7 Å². The van der Waals surface area contributed by atoms with E-state index in [1.807, 2.05) is 16.8 Å². The molecule has 5 nitrogen and oxygen atoms in total. The molecular weight excluding hydrogens is 355 g/mol. The predicted molar refractivity (Wildman–Crippen MR) is 96.2 cm³/mol. The zero-order valence-electron chi connectivity index (χ0n) is 14.9. The first-order valence-electron chi connectivity index (χ1n) is 8.81. The average Bonchev–Trinajstić information content (AvgIpc) is 3.11. The Bertz CT molecular complexity index is 925. The third kappa shape index (κ3) is 3.81. The molecule has 2 aromatic heterocycles. The third-order valence-electron chi connectivity index (χ3n) is 4.89. The van der Waals surface area contributed by atoms with Crippen LogP contribution in [0.15, 0.2) is 42.9 Å². The highest BCUT2D eigenvalue weighted by Gasteiger charge is 2.30. The lowest BCUT2D eigenvalue weighted by molar-refractivity contribution is -0.137. The van der Waals surface area contributed by atoms with Gasteiger partial charge in [0, 0.05) is 56.9 Å². The molecule has 0 bridgehead atoms. The molecule has 0 spiro atoms. The second kappa shape index (κ2) is 6.94. The minimum atomic E-state index is -4.35. The largest absolute Gasteiger partial charge is 0.416 e. The van der Waals surface area contributed by atoms with E-state index in [1.54, 1.807) is 6.20 Å². The minimum Gasteiger partial charge on any atom is -0.304 e. The van der Waals surface area contributed by atoms with Crippen molar-refractivity contribution in [3.8, 4) is 11.3 Å². The summed E-state index contributed by atoms with van der Waals surface area (Å²) in [6.45, 7) is 4.67. The van der Waals surface area contributed by atoms with Gasteiger partial charge in [0.15, 0.2) is 5.65 Å². The van der Waals surface area contributed by atoms with Crippen LogP contribution in [0.5, 0.6) is 0 Å². The van der Waals surface area contributed by atoms with Gasteiger partial charge in [0.1, 0.15) is 5.69 Å². The van der Waals surface area contributed by atoms with Crippen LogP contribution in [0.4, 0.5) is 13.2 Å². The Morgan fingerprint density at radius 1 is 1.04 bits per heavy atom. The molecule has 0 aliphatic carbocycles. The molecule has 3 heterocycles. The van der Waals surface area contributed by atoms with E-state index in [9.17, 15) is 13.2 Å². The molecule has 142 valence electrons. The quantitative estimate of drug-likeness (QED) is 0.705. The van der Waals surface area contributed by atoms with E-state index in [0.717, 1.165) is 44.0 Å². The molecule has 1 aliphatic heterocycles. The van der Waals surface area contributed by atoms with Crippen LogP contribution in [0.25, 0.3) is 16.9 Å². The highest BCUT2D eigenvalue weighted by molar-refractivity contribution is 5.74. The number of nitrogens with zero attached hydrogens (tertiary/aromatic N) is 5. The SMILES string of the molecule is CN1CCN(Cc2cn3ccnc3c(-c3ccc(C(F)(F)F)cc3)n2)CC1. The fraction of sp³-hybridized carbons (Fsp3) is 0.368. The fourth-order valence-corrected chi connectivity index (χ4v) is 3.31. The number of halogens is 3. The Kier molecular flexibility index (Phi) is 4.61. The van der Waals surface area contributed by atoms with Gasteiger partial charge < -0.3 is 9.30 Å². The summed E-state index contributed by atoms with van der Waals surface area (Å²) in [4.78, 5) is 13.7. The number of likely N-dealkylation sites (N-methyl/N-ethyl adjacent to an activating group) is 1. The summed E-state index contributed by atoms with van der Waals surface area (Å²) >= 11 is 0. The number of hydrogen-bond acceptors (Lipinski definition) is 4. The van der Waals surface area contributed by atoms with Crippen molar-refractivity contribution in [2.45, 2.75) is 12.7 Å². The Labute approximate surface area is 155 Å². The number of hydrogen-bond donors (Lipinski definition) is 0. The first kappa shape index (κ1) is 17.9. The number of piperazine rings is 1. The maximum Gasteiger partial charge on any atom is 0.416 e. The van der Waals surface area contributed by atoms with Gasteiger partial charge >= 0.3 is 6.18 Å². The summed E-state index contributed by atoms with van der Waals surface area (Å²) < 4.78 is 40.4. The maximum absolute atomic E-state index is 12.8. The second-order valence-corrected chi connectivity index (χ2v) is 6.89. The number of alkyl halides is 3. The summed E-state index contributed by atoms with van der Waals surface area (Å²) in [6, 6.07) is 5.09. The monoisotopic (exact) mass is 375 g/mol. The minimum absolute atomic E-state index is 0.598. The smallest absolute Gasteiger partial charge is 0.304 e. The molecule has 8 heteroatoms. The molecule has 3 aromatic rings. The van der Waals surface area contributed by atoms with Crippen LogP contribution in [0.1, 0.15) is 11.3 Å². The van der Waals surface area contributed by atoms with Gasteiger partial charge in [0.25, 0.3) is 0 Å². The van der Waals surface area contributed by atoms with Crippen molar-refractivity contribution in [2.24, 2.45) is 0 Å². The zero-order valence-corrected chi connectivity index (χ0v) is 14.9. The van der Waals surface area contributed by atoms with Crippen molar-refractivity contribution in [1.82, 2.24) is 24.2 Å². The summed E-state index contributed by atoms with van der Waals surface area (Å²) in [7, 11) is 2.11. The number of fused-ring (bicyclic) bond motifs is 1. The Hall–Kier alpha value is -2.45. The van der Waals surface area contributed by atoms with Crippen LogP contribution in [0.3, 0.4) is 0 Å². The number of imidazole rings is 1. The van der Waals surface area contributed by atoms with E-state index in [1.165, 1.54) is 12.1 Å². The first-order chi connectivity index (χ1) is 12.9. The molecule has 0 radical (unpaired) electrons. The van der Waals surface area contributed by atoms with Gasteiger partial charge in [-0.15, -0.1) is 0 Å². The highest BCUT2D eigenvalue weighted by Crippen LogP contribution is 2.31. The van der Waals surface area contributed by atoms with Gasteiger partial charge in [-0.3, -0.25) is 4.90 Å². The lowest BCUT2D eigenvalue weighted by Gasteiger charge is -2.32. The van der Waals surface area contributed by atoms with Gasteiger partial charge in [-0.1, -0.05) is 12.1 Å². The summed E-state index contributed by atoms with van der Waals surface area (Å²) in [5.74, 6) is 0. The maximum atomic E-state index is 12.8. The lowest BCUT2D eigenvalue weighted by Crippen LogP contribution is -2.44. The zero-order chi connectivity index (χ0) is 19.0. The van der Waals surface area contributed by atoms with Crippen LogP contribution in [0.2, 0.25) is 0 Å². The molecular formula is C19H20F3N5. The molecule has 27 heavy (non-hydrogen) atoms. The van der Waals surface area contributed by atoms with Crippen molar-refractivity contribution in [3.05, 3.63) is 54.1 Å². The van der Waals surface area contributed by atoms with Crippen molar-refractivity contribution >= 4 is 5.65 Å². The Morgan fingerprint density at radius 2 is 1.74 bits per heavy atom. The molecule has 1 aliphatic rings. The van der Waals surface area contributed by atoms with Gasteiger partial charge in [-0.25, -0.2) is 9.97 Å². The highest BCUT2D eigenvalue weighted by atomic mass is 19.4. The molecule has 0 unspecified atom stereocenters. The second-order valence-electron chi connectivity index (χ2n) is 6.89. The van der Waals surface area contributed by atoms with E-state index >= 15 is 0 Å². The average molecular weight is 375 g/mol. The van der Waals surface area contributed by atoms with E-state index in [0.29, 0.717) is 23.4 Å². The van der Waals surface area contributed by atoms with Gasteiger partial charge in [0.2, 0.25) is 0 Å². The molecule has 1 fully saturated rings. The van der Waals surface area contributed by atoms with Crippen molar-refractivity contribution in [2.75, 3.05) is 33.2 Å². The molecule has 0 N–H and O–H groups in total. The van der Waals surface area contributed by atoms with E-state index in [-0.39, 0.29) is 0 Å². The van der Waals surface area contributed by atoms with Crippen LogP contribution >= 0.6 is 0 Å². The Balaban J connectivity index is 1.66. The Morgan fingerprint density at radius 3 is 2.41 bits per heavy atom. The van der Waals surface area contributed by atoms with Gasteiger partial charge in [0.05, 0.1) is 11.3 Å². The summed E-state index contributed by atoms with van der Waals surface area (Å²) in [5, 5.41) is 0. The molecule has 0 saturated carbocycles. The van der Waals surface area contributed by atoms with E-state index in [4.69, 9.17) is 4.98 Å². The van der Waals surface area contributed by atoms with E-state index < -0.39 is 11.7 Å².